The lowest BCUT2D eigenvalue weighted by Crippen LogP contribution is -2.47. The SMILES string of the molecule is CN=C(NCc1cccc(CN2CCCC2=O)c1)N1CCC(OCC2CCCCO2)CC1.I. The van der Waals surface area contributed by atoms with Gasteiger partial charge in [-0.25, -0.2) is 0 Å². The van der Waals surface area contributed by atoms with Crippen molar-refractivity contribution in [2.24, 2.45) is 4.99 Å². The predicted molar refractivity (Wildman–Crippen MR) is 141 cm³/mol. The molecule has 1 N–H and O–H groups in total. The molecule has 7 nitrogen and oxygen atoms in total. The second-order valence-electron chi connectivity index (χ2n) is 9.15. The lowest BCUT2D eigenvalue weighted by atomic mass is 10.1. The van der Waals surface area contributed by atoms with Gasteiger partial charge in [-0.2, -0.15) is 0 Å². The molecule has 33 heavy (non-hydrogen) atoms. The van der Waals surface area contributed by atoms with E-state index >= 15 is 0 Å². The number of benzene rings is 1. The number of likely N-dealkylation sites (tertiary alicyclic amines) is 2. The van der Waals surface area contributed by atoms with Gasteiger partial charge in [0.25, 0.3) is 0 Å². The topological polar surface area (TPSA) is 66.4 Å². The molecule has 1 aromatic rings. The normalized spacial score (nSPS) is 22.4. The second kappa shape index (κ2) is 13.5. The van der Waals surface area contributed by atoms with E-state index in [4.69, 9.17) is 9.47 Å². The summed E-state index contributed by atoms with van der Waals surface area (Å²) < 4.78 is 11.9. The zero-order valence-corrected chi connectivity index (χ0v) is 22.2. The van der Waals surface area contributed by atoms with Crippen molar-refractivity contribution in [1.82, 2.24) is 15.1 Å². The van der Waals surface area contributed by atoms with Crippen LogP contribution >= 0.6 is 24.0 Å². The Balaban J connectivity index is 0.00000306. The lowest BCUT2D eigenvalue weighted by Gasteiger charge is -2.35. The van der Waals surface area contributed by atoms with E-state index < -0.39 is 0 Å². The number of hydrogen-bond acceptors (Lipinski definition) is 4. The molecule has 3 saturated heterocycles. The molecule has 3 aliphatic rings. The number of nitrogens with zero attached hydrogens (tertiary/aromatic N) is 3. The number of guanidine groups is 1. The summed E-state index contributed by atoms with van der Waals surface area (Å²) in [6.07, 6.45) is 7.89. The van der Waals surface area contributed by atoms with E-state index in [1.807, 2.05) is 11.9 Å². The minimum Gasteiger partial charge on any atom is -0.376 e. The van der Waals surface area contributed by atoms with Gasteiger partial charge in [0.2, 0.25) is 5.91 Å². The molecule has 0 saturated carbocycles. The number of halogens is 1. The second-order valence-corrected chi connectivity index (χ2v) is 9.15. The molecule has 1 amide bonds. The third kappa shape index (κ3) is 7.82. The summed E-state index contributed by atoms with van der Waals surface area (Å²) >= 11 is 0. The number of rotatable bonds is 7. The molecular weight excluding hydrogens is 531 g/mol. The van der Waals surface area contributed by atoms with E-state index in [1.54, 1.807) is 0 Å². The van der Waals surface area contributed by atoms with E-state index in [0.717, 1.165) is 71.0 Å². The molecule has 184 valence electrons. The van der Waals surface area contributed by atoms with E-state index in [-0.39, 0.29) is 36.0 Å². The molecule has 3 aliphatic heterocycles. The van der Waals surface area contributed by atoms with Gasteiger partial charge in [-0.05, 0) is 49.7 Å². The Hall–Kier alpha value is -1.39. The Morgan fingerprint density at radius 3 is 2.67 bits per heavy atom. The van der Waals surface area contributed by atoms with Crippen LogP contribution in [-0.4, -0.2) is 73.8 Å². The van der Waals surface area contributed by atoms with Crippen molar-refractivity contribution in [3.05, 3.63) is 35.4 Å². The molecule has 3 fully saturated rings. The monoisotopic (exact) mass is 570 g/mol. The Kier molecular flexibility index (Phi) is 10.7. The van der Waals surface area contributed by atoms with Gasteiger partial charge in [0.1, 0.15) is 0 Å². The van der Waals surface area contributed by atoms with Gasteiger partial charge in [0, 0.05) is 52.8 Å². The highest BCUT2D eigenvalue weighted by Crippen LogP contribution is 2.18. The fourth-order valence-electron chi connectivity index (χ4n) is 4.86. The minimum atomic E-state index is 0. The van der Waals surface area contributed by atoms with Gasteiger partial charge in [0.05, 0.1) is 18.8 Å². The molecule has 3 heterocycles. The van der Waals surface area contributed by atoms with Crippen LogP contribution in [0.1, 0.15) is 56.1 Å². The number of aliphatic imine (C=N–C) groups is 1. The van der Waals surface area contributed by atoms with E-state index in [2.05, 4.69) is 39.5 Å². The average Bonchev–Trinajstić information content (AvgIpc) is 3.24. The molecule has 1 unspecified atom stereocenters. The average molecular weight is 571 g/mol. The number of piperidine rings is 1. The van der Waals surface area contributed by atoms with Crippen molar-refractivity contribution in [2.45, 2.75) is 70.2 Å². The highest BCUT2D eigenvalue weighted by Gasteiger charge is 2.24. The zero-order chi connectivity index (χ0) is 22.2. The van der Waals surface area contributed by atoms with Crippen LogP contribution in [0.25, 0.3) is 0 Å². The molecule has 1 aromatic carbocycles. The number of carbonyl (C=O) groups is 1. The van der Waals surface area contributed by atoms with Gasteiger partial charge < -0.3 is 24.6 Å². The minimum absolute atomic E-state index is 0. The van der Waals surface area contributed by atoms with E-state index in [9.17, 15) is 4.79 Å². The quantitative estimate of drug-likeness (QED) is 0.309. The first-order valence-electron chi connectivity index (χ1n) is 12.3. The van der Waals surface area contributed by atoms with Gasteiger partial charge in [-0.1, -0.05) is 24.3 Å². The molecule has 1 atom stereocenters. The van der Waals surface area contributed by atoms with Crippen LogP contribution in [0.3, 0.4) is 0 Å². The van der Waals surface area contributed by atoms with Gasteiger partial charge in [-0.15, -0.1) is 24.0 Å². The Bertz CT molecular complexity index is 777. The van der Waals surface area contributed by atoms with Gasteiger partial charge in [-0.3, -0.25) is 9.79 Å². The third-order valence-electron chi connectivity index (χ3n) is 6.73. The number of carbonyl (C=O) groups excluding carboxylic acids is 1. The zero-order valence-electron chi connectivity index (χ0n) is 19.8. The first kappa shape index (κ1) is 26.2. The highest BCUT2D eigenvalue weighted by molar-refractivity contribution is 14.0. The van der Waals surface area contributed by atoms with Crippen molar-refractivity contribution >= 4 is 35.8 Å². The summed E-state index contributed by atoms with van der Waals surface area (Å²) in [5.74, 6) is 1.21. The molecule has 0 aliphatic carbocycles. The van der Waals surface area contributed by atoms with Crippen LogP contribution in [0.2, 0.25) is 0 Å². The van der Waals surface area contributed by atoms with Crippen LogP contribution in [0.5, 0.6) is 0 Å². The Morgan fingerprint density at radius 1 is 1.15 bits per heavy atom. The van der Waals surface area contributed by atoms with Crippen LogP contribution in [0, 0.1) is 0 Å². The molecular formula is C25H39IN4O3. The van der Waals surface area contributed by atoms with Gasteiger partial charge in [0.15, 0.2) is 5.96 Å². The largest absolute Gasteiger partial charge is 0.376 e. The summed E-state index contributed by atoms with van der Waals surface area (Å²) in [4.78, 5) is 20.7. The molecule has 0 radical (unpaired) electrons. The summed E-state index contributed by atoms with van der Waals surface area (Å²) in [7, 11) is 1.85. The fraction of sp³-hybridized carbons (Fsp3) is 0.680. The van der Waals surface area contributed by atoms with E-state index in [1.165, 1.54) is 24.0 Å². The van der Waals surface area contributed by atoms with Crippen LogP contribution in [-0.2, 0) is 27.4 Å². The van der Waals surface area contributed by atoms with Crippen molar-refractivity contribution in [3.8, 4) is 0 Å². The summed E-state index contributed by atoms with van der Waals surface area (Å²) in [5, 5.41) is 3.52. The van der Waals surface area contributed by atoms with Crippen molar-refractivity contribution in [1.29, 1.82) is 0 Å². The Morgan fingerprint density at radius 2 is 1.97 bits per heavy atom. The molecule has 0 aromatic heterocycles. The molecule has 4 rings (SSSR count). The predicted octanol–water partition coefficient (Wildman–Crippen LogP) is 3.55. The maximum atomic E-state index is 11.9. The first-order valence-corrected chi connectivity index (χ1v) is 12.3. The molecule has 0 spiro atoms. The number of nitrogens with one attached hydrogen (secondary N) is 1. The first-order chi connectivity index (χ1) is 15.7. The van der Waals surface area contributed by atoms with Crippen LogP contribution < -0.4 is 5.32 Å². The standard InChI is InChI=1S/C25H38N4O3.HI/c1-26-25(28-13-10-22(11-14-28)32-19-23-8-2-3-15-31-23)27-17-20-6-4-7-21(16-20)18-29-12-5-9-24(29)30;/h4,6-7,16,22-23H,2-3,5,8-15,17-19H2,1H3,(H,26,27);1H. The highest BCUT2D eigenvalue weighted by atomic mass is 127. The Labute approximate surface area is 215 Å². The lowest BCUT2D eigenvalue weighted by molar-refractivity contribution is -0.128. The van der Waals surface area contributed by atoms with Crippen molar-refractivity contribution in [2.75, 3.05) is 39.9 Å². The third-order valence-corrected chi connectivity index (χ3v) is 6.73. The molecule has 8 heteroatoms. The van der Waals surface area contributed by atoms with Gasteiger partial charge >= 0.3 is 0 Å². The maximum Gasteiger partial charge on any atom is 0.222 e. The maximum absolute atomic E-state index is 11.9. The number of amides is 1. The van der Waals surface area contributed by atoms with E-state index in [0.29, 0.717) is 19.1 Å². The van der Waals surface area contributed by atoms with Crippen molar-refractivity contribution < 1.29 is 14.3 Å². The molecule has 0 bridgehead atoms. The number of ether oxygens (including phenoxy) is 2. The van der Waals surface area contributed by atoms with Crippen LogP contribution in [0.15, 0.2) is 29.3 Å². The smallest absolute Gasteiger partial charge is 0.222 e. The number of hydrogen-bond donors (Lipinski definition) is 1. The summed E-state index contributed by atoms with van der Waals surface area (Å²) in [6.45, 7) is 5.83. The summed E-state index contributed by atoms with van der Waals surface area (Å²) in [5.41, 5.74) is 2.40. The fourth-order valence-corrected chi connectivity index (χ4v) is 4.86. The van der Waals surface area contributed by atoms with Crippen LogP contribution in [0.4, 0.5) is 0 Å². The van der Waals surface area contributed by atoms with Crippen molar-refractivity contribution in [3.63, 3.8) is 0 Å². The summed E-state index contributed by atoms with van der Waals surface area (Å²) in [6, 6.07) is 8.50.